The number of rotatable bonds is 4. The summed E-state index contributed by atoms with van der Waals surface area (Å²) >= 11 is 1.41. The molecule has 30 heavy (non-hydrogen) atoms. The second kappa shape index (κ2) is 7.68. The molecular formula is C22H22N4O3S. The number of benzene rings is 2. The van der Waals surface area contributed by atoms with Crippen molar-refractivity contribution < 1.29 is 14.3 Å². The van der Waals surface area contributed by atoms with Crippen molar-refractivity contribution >= 4 is 23.4 Å². The first-order chi connectivity index (χ1) is 14.6. The smallest absolute Gasteiger partial charge is 0.237 e. The highest BCUT2D eigenvalue weighted by Gasteiger charge is 2.30. The Morgan fingerprint density at radius 2 is 1.93 bits per heavy atom. The van der Waals surface area contributed by atoms with Gasteiger partial charge in [-0.1, -0.05) is 30.0 Å². The number of aromatic nitrogens is 3. The standard InChI is InChI=1S/C22H22N4O3S/c1-14-11-15-5-3-4-6-17(15)26(14)20(27)13-30-22-24-23-21(25(22)2)16-7-8-18-19(12-16)29-10-9-28-18/h3-8,12,14H,9-11,13H2,1-2H3/t14-/m0/s1. The molecule has 1 atom stereocenters. The first-order valence-electron chi connectivity index (χ1n) is 9.94. The quantitative estimate of drug-likeness (QED) is 0.601. The number of hydrogen-bond acceptors (Lipinski definition) is 6. The van der Waals surface area contributed by atoms with Crippen molar-refractivity contribution in [2.45, 2.75) is 24.5 Å². The Bertz CT molecular complexity index is 1110. The van der Waals surface area contributed by atoms with Crippen LogP contribution >= 0.6 is 11.8 Å². The molecule has 3 heterocycles. The van der Waals surface area contributed by atoms with Crippen LogP contribution in [-0.2, 0) is 18.3 Å². The number of anilines is 1. The monoisotopic (exact) mass is 422 g/mol. The van der Waals surface area contributed by atoms with Gasteiger partial charge in [0.1, 0.15) is 13.2 Å². The lowest BCUT2D eigenvalue weighted by atomic mass is 10.1. The van der Waals surface area contributed by atoms with Crippen LogP contribution in [0.5, 0.6) is 11.5 Å². The minimum atomic E-state index is 0.0846. The first-order valence-corrected chi connectivity index (χ1v) is 10.9. The molecule has 0 fully saturated rings. The zero-order chi connectivity index (χ0) is 20.7. The van der Waals surface area contributed by atoms with Gasteiger partial charge in [0, 0.05) is 24.3 Å². The summed E-state index contributed by atoms with van der Waals surface area (Å²) in [4.78, 5) is 14.9. The van der Waals surface area contributed by atoms with Crippen molar-refractivity contribution in [1.29, 1.82) is 0 Å². The molecule has 0 N–H and O–H groups in total. The molecule has 0 aliphatic carbocycles. The highest BCUT2D eigenvalue weighted by Crippen LogP contribution is 2.35. The number of thioether (sulfide) groups is 1. The largest absolute Gasteiger partial charge is 0.486 e. The Balaban J connectivity index is 1.31. The summed E-state index contributed by atoms with van der Waals surface area (Å²) in [5, 5.41) is 9.33. The number of carbonyl (C=O) groups excluding carboxylic acids is 1. The average Bonchev–Trinajstić information content (AvgIpc) is 3.30. The molecule has 8 heteroatoms. The van der Waals surface area contributed by atoms with E-state index in [9.17, 15) is 4.79 Å². The van der Waals surface area contributed by atoms with Crippen molar-refractivity contribution in [3.05, 3.63) is 48.0 Å². The Morgan fingerprint density at radius 3 is 2.80 bits per heavy atom. The van der Waals surface area contributed by atoms with Crippen LogP contribution in [0.25, 0.3) is 11.4 Å². The van der Waals surface area contributed by atoms with Crippen LogP contribution in [0.3, 0.4) is 0 Å². The average molecular weight is 423 g/mol. The number of amides is 1. The SMILES string of the molecule is C[C@H]1Cc2ccccc2N1C(=O)CSc1nnc(-c2ccc3c(c2)OCCO3)n1C. The van der Waals surface area contributed by atoms with E-state index in [1.165, 1.54) is 17.3 Å². The van der Waals surface area contributed by atoms with E-state index < -0.39 is 0 Å². The van der Waals surface area contributed by atoms with Gasteiger partial charge in [-0.05, 0) is 43.2 Å². The van der Waals surface area contributed by atoms with E-state index in [4.69, 9.17) is 9.47 Å². The van der Waals surface area contributed by atoms with Crippen molar-refractivity contribution in [3.8, 4) is 22.9 Å². The molecule has 154 valence electrons. The van der Waals surface area contributed by atoms with Crippen LogP contribution in [0.4, 0.5) is 5.69 Å². The Hall–Kier alpha value is -3.00. The van der Waals surface area contributed by atoms with E-state index >= 15 is 0 Å². The molecule has 0 saturated carbocycles. The highest BCUT2D eigenvalue weighted by molar-refractivity contribution is 7.99. The lowest BCUT2D eigenvalue weighted by Gasteiger charge is -2.22. The first kappa shape index (κ1) is 19.0. The molecule has 0 unspecified atom stereocenters. The van der Waals surface area contributed by atoms with Crippen LogP contribution in [0.2, 0.25) is 0 Å². The number of ether oxygens (including phenoxy) is 2. The zero-order valence-electron chi connectivity index (χ0n) is 16.9. The van der Waals surface area contributed by atoms with E-state index in [0.29, 0.717) is 29.9 Å². The minimum absolute atomic E-state index is 0.0846. The third-order valence-electron chi connectivity index (χ3n) is 5.44. The van der Waals surface area contributed by atoms with Gasteiger partial charge < -0.3 is 18.9 Å². The minimum Gasteiger partial charge on any atom is -0.486 e. The summed E-state index contributed by atoms with van der Waals surface area (Å²) in [6.07, 6.45) is 0.894. The van der Waals surface area contributed by atoms with Crippen LogP contribution in [-0.4, -0.2) is 45.7 Å². The zero-order valence-corrected chi connectivity index (χ0v) is 17.7. The predicted molar refractivity (Wildman–Crippen MR) is 115 cm³/mol. The number of fused-ring (bicyclic) bond motifs is 2. The number of hydrogen-bond donors (Lipinski definition) is 0. The van der Waals surface area contributed by atoms with Gasteiger partial charge in [0.25, 0.3) is 0 Å². The Morgan fingerprint density at radius 1 is 1.13 bits per heavy atom. The van der Waals surface area contributed by atoms with E-state index in [1.54, 1.807) is 0 Å². The summed E-state index contributed by atoms with van der Waals surface area (Å²) in [6.45, 7) is 3.19. The molecule has 2 aliphatic heterocycles. The van der Waals surface area contributed by atoms with E-state index in [0.717, 1.165) is 29.2 Å². The highest BCUT2D eigenvalue weighted by atomic mass is 32.2. The van der Waals surface area contributed by atoms with E-state index in [1.807, 2.05) is 52.9 Å². The van der Waals surface area contributed by atoms with Gasteiger partial charge in [-0.2, -0.15) is 0 Å². The van der Waals surface area contributed by atoms with Crippen LogP contribution in [0.1, 0.15) is 12.5 Å². The lowest BCUT2D eigenvalue weighted by molar-refractivity contribution is -0.116. The number of nitrogens with zero attached hydrogens (tertiary/aromatic N) is 4. The normalized spacial score (nSPS) is 17.1. The molecule has 1 amide bonds. The molecule has 0 bridgehead atoms. The fourth-order valence-corrected chi connectivity index (χ4v) is 4.79. The van der Waals surface area contributed by atoms with Crippen molar-refractivity contribution in [1.82, 2.24) is 14.8 Å². The molecule has 7 nitrogen and oxygen atoms in total. The molecule has 5 rings (SSSR count). The molecule has 2 aliphatic rings. The van der Waals surface area contributed by atoms with E-state index in [-0.39, 0.29) is 11.9 Å². The molecule has 0 saturated heterocycles. The summed E-state index contributed by atoms with van der Waals surface area (Å²) in [5.41, 5.74) is 3.14. The molecule has 0 spiro atoms. The van der Waals surface area contributed by atoms with Gasteiger partial charge in [-0.3, -0.25) is 4.79 Å². The maximum absolute atomic E-state index is 13.0. The van der Waals surface area contributed by atoms with Gasteiger partial charge in [0.05, 0.1) is 5.75 Å². The van der Waals surface area contributed by atoms with Crippen LogP contribution < -0.4 is 14.4 Å². The number of para-hydroxylation sites is 1. The van der Waals surface area contributed by atoms with Gasteiger partial charge in [-0.25, -0.2) is 0 Å². The summed E-state index contributed by atoms with van der Waals surface area (Å²) in [7, 11) is 1.91. The van der Waals surface area contributed by atoms with E-state index in [2.05, 4.69) is 23.2 Å². The van der Waals surface area contributed by atoms with Gasteiger partial charge >= 0.3 is 0 Å². The van der Waals surface area contributed by atoms with Crippen LogP contribution in [0.15, 0.2) is 47.6 Å². The van der Waals surface area contributed by atoms with Gasteiger partial charge in [0.15, 0.2) is 22.5 Å². The topological polar surface area (TPSA) is 69.5 Å². The van der Waals surface area contributed by atoms with Gasteiger partial charge in [-0.15, -0.1) is 10.2 Å². The predicted octanol–water partition coefficient (Wildman–Crippen LogP) is 3.32. The lowest BCUT2D eigenvalue weighted by Crippen LogP contribution is -2.37. The molecule has 2 aromatic carbocycles. The third kappa shape index (κ3) is 3.31. The van der Waals surface area contributed by atoms with Gasteiger partial charge in [0.2, 0.25) is 5.91 Å². The van der Waals surface area contributed by atoms with Crippen molar-refractivity contribution in [2.75, 3.05) is 23.9 Å². The third-order valence-corrected chi connectivity index (χ3v) is 6.44. The van der Waals surface area contributed by atoms with Crippen molar-refractivity contribution in [3.63, 3.8) is 0 Å². The molecule has 1 aromatic heterocycles. The Kier molecular flexibility index (Phi) is 4.86. The second-order valence-electron chi connectivity index (χ2n) is 7.46. The maximum atomic E-state index is 13.0. The summed E-state index contributed by atoms with van der Waals surface area (Å²) in [6, 6.07) is 14.0. The molecular weight excluding hydrogens is 400 g/mol. The van der Waals surface area contributed by atoms with Crippen LogP contribution in [0, 0.1) is 0 Å². The molecule has 0 radical (unpaired) electrons. The fraction of sp³-hybridized carbons (Fsp3) is 0.318. The summed E-state index contributed by atoms with van der Waals surface area (Å²) in [5.74, 6) is 2.58. The fourth-order valence-electron chi connectivity index (χ4n) is 4.02. The maximum Gasteiger partial charge on any atom is 0.237 e. The Labute approximate surface area is 179 Å². The van der Waals surface area contributed by atoms with Crippen molar-refractivity contribution in [2.24, 2.45) is 7.05 Å². The number of carbonyl (C=O) groups is 1. The molecule has 3 aromatic rings. The second-order valence-corrected chi connectivity index (χ2v) is 8.40. The summed E-state index contributed by atoms with van der Waals surface area (Å²) < 4.78 is 13.2.